The highest BCUT2D eigenvalue weighted by atomic mass is 16.6. The first-order chi connectivity index (χ1) is 27.1. The molecule has 0 saturated heterocycles. The van der Waals surface area contributed by atoms with Gasteiger partial charge in [-0.05, 0) is 129 Å². The Morgan fingerprint density at radius 3 is 2.36 bits per heavy atom. The van der Waals surface area contributed by atoms with E-state index in [1.165, 1.54) is 28.3 Å². The Morgan fingerprint density at radius 1 is 0.804 bits per heavy atom. The minimum absolute atomic E-state index is 0.0294. The number of aryl methyl sites for hydroxylation is 1. The fourth-order valence-electron chi connectivity index (χ4n) is 9.07. The van der Waals surface area contributed by atoms with Crippen LogP contribution in [0.2, 0.25) is 0 Å². The van der Waals surface area contributed by atoms with Crippen LogP contribution in [-0.2, 0) is 31.9 Å². The summed E-state index contributed by atoms with van der Waals surface area (Å²) in [5, 5.41) is 10.8. The summed E-state index contributed by atoms with van der Waals surface area (Å²) in [7, 11) is 0. The zero-order valence-electron chi connectivity index (χ0n) is 32.2. The van der Waals surface area contributed by atoms with E-state index in [1.807, 2.05) is 6.07 Å². The van der Waals surface area contributed by atoms with Crippen LogP contribution in [-0.4, -0.2) is 35.4 Å². The van der Waals surface area contributed by atoms with Crippen LogP contribution in [0.3, 0.4) is 0 Å². The fraction of sp³-hybridized carbons (Fsp3) is 0.354. The second kappa shape index (κ2) is 15.6. The molecule has 1 aromatic heterocycles. The van der Waals surface area contributed by atoms with Crippen molar-refractivity contribution < 1.29 is 33.3 Å². The van der Waals surface area contributed by atoms with Crippen LogP contribution < -0.4 is 10.4 Å². The van der Waals surface area contributed by atoms with Crippen LogP contribution in [0.25, 0.3) is 11.0 Å². The molecule has 5 aromatic rings. The Bertz CT molecular complexity index is 2340. The molecule has 8 heteroatoms. The highest BCUT2D eigenvalue weighted by molar-refractivity contribution is 5.90. The molecule has 1 aliphatic carbocycles. The van der Waals surface area contributed by atoms with Crippen molar-refractivity contribution in [2.75, 3.05) is 6.61 Å². The number of rotatable bonds is 4. The molecule has 4 heterocycles. The maximum atomic E-state index is 14.5. The van der Waals surface area contributed by atoms with Crippen LogP contribution in [0.1, 0.15) is 104 Å². The van der Waals surface area contributed by atoms with Crippen LogP contribution in [0.15, 0.2) is 123 Å². The summed E-state index contributed by atoms with van der Waals surface area (Å²) in [6.45, 7) is 4.97. The van der Waals surface area contributed by atoms with Crippen LogP contribution >= 0.6 is 0 Å². The number of aliphatic hydroxyl groups excluding tert-OH is 1. The van der Waals surface area contributed by atoms with Crippen molar-refractivity contribution in [3.63, 3.8) is 0 Å². The Kier molecular flexibility index (Phi) is 10.4. The molecule has 56 heavy (non-hydrogen) atoms. The third kappa shape index (κ3) is 7.67. The van der Waals surface area contributed by atoms with Gasteiger partial charge >= 0.3 is 17.6 Å². The number of ether oxygens (including phenoxy) is 3. The molecule has 1 fully saturated rings. The summed E-state index contributed by atoms with van der Waals surface area (Å²) in [6, 6.07) is 34.4. The standard InChI is InChI=1S/C48H48O8/c1-29(28-49)38-20-14-30-12-15-33(16-13-30)39-21-17-36(35-11-7-10-32(25-35)24-31-8-5-4-6-9-31)26-37(39)27-42(51)54-45-43-40(56-48(2,3)46(45)55-47(38)52)22-18-34-19-23-41(50)53-44(34)43/h4-13,15-16,18-19,22-23,25,36-37,39,45-46,49H,14,17,20-21,24,26-28H2,1-3H3/b38-29-/t36-,37-,39+,45-,46+/m1/s1. The molecule has 8 nitrogen and oxygen atoms in total. The van der Waals surface area contributed by atoms with E-state index >= 15 is 0 Å². The number of hydrogen-bond donors (Lipinski definition) is 1. The quantitative estimate of drug-likeness (QED) is 0.110. The van der Waals surface area contributed by atoms with Gasteiger partial charge in [0.1, 0.15) is 16.9 Å². The molecule has 0 spiro atoms. The number of carbonyl (C=O) groups is 2. The van der Waals surface area contributed by atoms with Crippen molar-refractivity contribution in [3.8, 4) is 5.75 Å². The van der Waals surface area contributed by atoms with Crippen molar-refractivity contribution >= 4 is 22.9 Å². The van der Waals surface area contributed by atoms with Crippen molar-refractivity contribution in [1.82, 2.24) is 0 Å². The molecule has 288 valence electrons. The molecule has 3 aliphatic heterocycles. The highest BCUT2D eigenvalue weighted by Crippen LogP contribution is 2.49. The Labute approximate surface area is 327 Å². The molecule has 5 atom stereocenters. The van der Waals surface area contributed by atoms with Gasteiger partial charge < -0.3 is 23.7 Å². The van der Waals surface area contributed by atoms with Crippen LogP contribution in [0.4, 0.5) is 0 Å². The summed E-state index contributed by atoms with van der Waals surface area (Å²) < 4.78 is 25.1. The Morgan fingerprint density at radius 2 is 1.57 bits per heavy atom. The maximum Gasteiger partial charge on any atom is 0.336 e. The molecule has 1 saturated carbocycles. The van der Waals surface area contributed by atoms with Gasteiger partial charge in [-0.2, -0.15) is 0 Å². The molecule has 0 radical (unpaired) electrons. The molecule has 9 rings (SSSR count). The zero-order chi connectivity index (χ0) is 39.0. The second-order valence-electron chi connectivity index (χ2n) is 16.2. The monoisotopic (exact) mass is 752 g/mol. The third-order valence-electron chi connectivity index (χ3n) is 12.1. The van der Waals surface area contributed by atoms with Gasteiger partial charge in [-0.25, -0.2) is 9.59 Å². The minimum Gasteiger partial charge on any atom is -0.483 e. The van der Waals surface area contributed by atoms with Crippen molar-refractivity contribution in [2.24, 2.45) is 5.92 Å². The molecule has 0 amide bonds. The molecule has 4 aliphatic rings. The van der Waals surface area contributed by atoms with Gasteiger partial charge in [0.15, 0.2) is 12.2 Å². The van der Waals surface area contributed by atoms with E-state index in [2.05, 4.69) is 72.8 Å². The first-order valence-corrected chi connectivity index (χ1v) is 19.7. The van der Waals surface area contributed by atoms with Crippen LogP contribution in [0.5, 0.6) is 5.75 Å². The Hall–Kier alpha value is -5.47. The summed E-state index contributed by atoms with van der Waals surface area (Å²) in [4.78, 5) is 41.3. The lowest BCUT2D eigenvalue weighted by Gasteiger charge is -2.43. The fourth-order valence-corrected chi connectivity index (χ4v) is 9.07. The number of fused-ring (bicyclic) bond motifs is 11. The number of benzene rings is 4. The van der Waals surface area contributed by atoms with E-state index in [1.54, 1.807) is 39.0 Å². The summed E-state index contributed by atoms with van der Waals surface area (Å²) in [5.74, 6) is -0.319. The van der Waals surface area contributed by atoms with Gasteiger partial charge in [-0.1, -0.05) is 78.9 Å². The topological polar surface area (TPSA) is 112 Å². The molecular weight excluding hydrogens is 705 g/mol. The first kappa shape index (κ1) is 37.5. The summed E-state index contributed by atoms with van der Waals surface area (Å²) >= 11 is 0. The molecule has 2 bridgehead atoms. The number of hydrogen-bond acceptors (Lipinski definition) is 8. The summed E-state index contributed by atoms with van der Waals surface area (Å²) in [5.41, 5.74) is 5.74. The Balaban J connectivity index is 1.18. The second-order valence-corrected chi connectivity index (χ2v) is 16.2. The average Bonchev–Trinajstić information content (AvgIpc) is 3.19. The van der Waals surface area contributed by atoms with Gasteiger partial charge in [-0.3, -0.25) is 4.79 Å². The van der Waals surface area contributed by atoms with E-state index < -0.39 is 35.4 Å². The first-order valence-electron chi connectivity index (χ1n) is 19.7. The van der Waals surface area contributed by atoms with E-state index in [9.17, 15) is 19.5 Å². The average molecular weight is 753 g/mol. The lowest BCUT2D eigenvalue weighted by Crippen LogP contribution is -2.52. The van der Waals surface area contributed by atoms with E-state index in [-0.39, 0.29) is 36.4 Å². The van der Waals surface area contributed by atoms with Crippen LogP contribution in [0, 0.1) is 5.92 Å². The molecular formula is C48H48O8. The van der Waals surface area contributed by atoms with Crippen molar-refractivity contribution in [1.29, 1.82) is 0 Å². The lowest BCUT2D eigenvalue weighted by molar-refractivity contribution is -0.188. The largest absolute Gasteiger partial charge is 0.483 e. The SMILES string of the molecule is C/C(CO)=C1\CCc2ccc(cc2)[C@@H]2CC[C@@H](c3cccc(Cc4ccccc4)c3)C[C@@H]2CC(=O)O[C@@H]2c3c(ccc4ccc(=O)oc34)OC(C)(C)[C@H]2OC1=O. The number of carbonyl (C=O) groups excluding carboxylic acids is 2. The number of aliphatic hydroxyl groups is 1. The smallest absolute Gasteiger partial charge is 0.336 e. The van der Waals surface area contributed by atoms with E-state index in [0.29, 0.717) is 40.7 Å². The van der Waals surface area contributed by atoms with Crippen molar-refractivity contribution in [2.45, 2.75) is 95.4 Å². The van der Waals surface area contributed by atoms with Gasteiger partial charge in [-0.15, -0.1) is 0 Å². The maximum absolute atomic E-state index is 14.5. The zero-order valence-corrected chi connectivity index (χ0v) is 32.2. The predicted octanol–water partition coefficient (Wildman–Crippen LogP) is 9.06. The van der Waals surface area contributed by atoms with Gasteiger partial charge in [0.2, 0.25) is 0 Å². The van der Waals surface area contributed by atoms with E-state index in [4.69, 9.17) is 18.6 Å². The summed E-state index contributed by atoms with van der Waals surface area (Å²) in [6.07, 6.45) is 2.36. The molecule has 1 N–H and O–H groups in total. The normalized spacial score (nSPS) is 24.5. The molecule has 0 unspecified atom stereocenters. The molecule has 4 aromatic carbocycles. The third-order valence-corrected chi connectivity index (χ3v) is 12.1. The predicted molar refractivity (Wildman–Crippen MR) is 214 cm³/mol. The highest BCUT2D eigenvalue weighted by Gasteiger charge is 2.51. The van der Waals surface area contributed by atoms with E-state index in [0.717, 1.165) is 31.2 Å². The van der Waals surface area contributed by atoms with Gasteiger partial charge in [0.25, 0.3) is 0 Å². The lowest BCUT2D eigenvalue weighted by atomic mass is 9.68. The van der Waals surface area contributed by atoms with Gasteiger partial charge in [0.05, 0.1) is 12.2 Å². The van der Waals surface area contributed by atoms with Gasteiger partial charge in [0, 0.05) is 23.4 Å². The van der Waals surface area contributed by atoms with Crippen molar-refractivity contribution in [3.05, 3.63) is 158 Å². The number of esters is 2. The minimum atomic E-state index is -1.15.